The van der Waals surface area contributed by atoms with Crippen molar-refractivity contribution in [3.8, 4) is 0 Å². The molecule has 0 aliphatic carbocycles. The Morgan fingerprint density at radius 1 is 1.17 bits per heavy atom. The van der Waals surface area contributed by atoms with Gasteiger partial charge in [-0.25, -0.2) is 0 Å². The van der Waals surface area contributed by atoms with E-state index in [4.69, 9.17) is 14.9 Å². The van der Waals surface area contributed by atoms with Gasteiger partial charge in [0, 0.05) is 5.92 Å². The van der Waals surface area contributed by atoms with Gasteiger partial charge in [0.25, 0.3) is 0 Å². The second-order valence-corrected chi connectivity index (χ2v) is 3.09. The van der Waals surface area contributed by atoms with E-state index >= 15 is 0 Å². The fourth-order valence-corrected chi connectivity index (χ4v) is 1.23. The summed E-state index contributed by atoms with van der Waals surface area (Å²) in [6.45, 7) is 1.15. The molecule has 12 heavy (non-hydrogen) atoms. The monoisotopic (exact) mass is 178 g/mol. The van der Waals surface area contributed by atoms with E-state index < -0.39 is 37.1 Å². The minimum absolute atomic E-state index is 0.415. The first-order valence-electron chi connectivity index (χ1n) is 3.88. The SMILES string of the molecule is C[C@H]1[C@H](O)[C@@H](O)[C@H](CO)O[C@H]1O. The Morgan fingerprint density at radius 2 is 1.75 bits per heavy atom. The summed E-state index contributed by atoms with van der Waals surface area (Å²) in [6, 6.07) is 0. The Kier molecular flexibility index (Phi) is 3.03. The van der Waals surface area contributed by atoms with Crippen LogP contribution >= 0.6 is 0 Å². The lowest BCUT2D eigenvalue weighted by Gasteiger charge is -2.38. The molecule has 5 atom stereocenters. The molecule has 1 heterocycles. The van der Waals surface area contributed by atoms with Crippen molar-refractivity contribution in [2.75, 3.05) is 6.61 Å². The highest BCUT2D eigenvalue weighted by atomic mass is 16.6. The van der Waals surface area contributed by atoms with Crippen LogP contribution in [-0.4, -0.2) is 51.6 Å². The predicted molar refractivity (Wildman–Crippen MR) is 39.1 cm³/mol. The molecular formula is C7H14O5. The van der Waals surface area contributed by atoms with Gasteiger partial charge in [-0.05, 0) is 0 Å². The second-order valence-electron chi connectivity index (χ2n) is 3.09. The van der Waals surface area contributed by atoms with Gasteiger partial charge in [-0.3, -0.25) is 0 Å². The van der Waals surface area contributed by atoms with Crippen LogP contribution in [0.5, 0.6) is 0 Å². The van der Waals surface area contributed by atoms with E-state index in [0.29, 0.717) is 0 Å². The van der Waals surface area contributed by atoms with Crippen LogP contribution in [0.1, 0.15) is 6.92 Å². The van der Waals surface area contributed by atoms with Crippen molar-refractivity contribution in [2.45, 2.75) is 31.5 Å². The van der Waals surface area contributed by atoms with Gasteiger partial charge in [0.2, 0.25) is 0 Å². The van der Waals surface area contributed by atoms with Crippen molar-refractivity contribution in [1.82, 2.24) is 0 Å². The zero-order chi connectivity index (χ0) is 9.30. The lowest BCUT2D eigenvalue weighted by Crippen LogP contribution is -2.54. The Morgan fingerprint density at radius 3 is 2.25 bits per heavy atom. The summed E-state index contributed by atoms with van der Waals surface area (Å²) in [6.07, 6.45) is -4.20. The maximum Gasteiger partial charge on any atom is 0.160 e. The van der Waals surface area contributed by atoms with Crippen LogP contribution in [-0.2, 0) is 4.74 Å². The Balaban J connectivity index is 2.63. The molecule has 1 aliphatic rings. The number of rotatable bonds is 1. The highest BCUT2D eigenvalue weighted by Gasteiger charge is 2.40. The average Bonchev–Trinajstić information content (AvgIpc) is 2.08. The molecule has 4 N–H and O–H groups in total. The minimum atomic E-state index is -1.13. The molecule has 0 saturated carbocycles. The number of aliphatic hydroxyl groups excluding tert-OH is 4. The van der Waals surface area contributed by atoms with Crippen LogP contribution in [0, 0.1) is 5.92 Å². The van der Waals surface area contributed by atoms with Gasteiger partial charge in [0.05, 0.1) is 12.7 Å². The smallest absolute Gasteiger partial charge is 0.160 e. The molecular weight excluding hydrogens is 164 g/mol. The molecule has 1 aliphatic heterocycles. The largest absolute Gasteiger partial charge is 0.394 e. The van der Waals surface area contributed by atoms with Gasteiger partial charge >= 0.3 is 0 Å². The fraction of sp³-hybridized carbons (Fsp3) is 1.00. The lowest BCUT2D eigenvalue weighted by atomic mass is 9.93. The molecule has 0 unspecified atom stereocenters. The van der Waals surface area contributed by atoms with Gasteiger partial charge in [-0.2, -0.15) is 0 Å². The number of ether oxygens (including phenoxy) is 1. The first kappa shape index (κ1) is 9.88. The third-order valence-corrected chi connectivity index (χ3v) is 2.21. The van der Waals surface area contributed by atoms with Crippen LogP contribution in [0.25, 0.3) is 0 Å². The third kappa shape index (κ3) is 1.60. The van der Waals surface area contributed by atoms with Crippen molar-refractivity contribution in [2.24, 2.45) is 5.92 Å². The first-order valence-corrected chi connectivity index (χ1v) is 3.88. The zero-order valence-electron chi connectivity index (χ0n) is 6.79. The summed E-state index contributed by atoms with van der Waals surface area (Å²) in [5, 5.41) is 36.4. The predicted octanol–water partition coefficient (Wildman–Crippen LogP) is -1.95. The van der Waals surface area contributed by atoms with Gasteiger partial charge in [0.15, 0.2) is 6.29 Å². The van der Waals surface area contributed by atoms with E-state index in [2.05, 4.69) is 0 Å². The van der Waals surface area contributed by atoms with Gasteiger partial charge in [-0.15, -0.1) is 0 Å². The van der Waals surface area contributed by atoms with E-state index in [1.165, 1.54) is 0 Å². The van der Waals surface area contributed by atoms with Crippen LogP contribution in [0.15, 0.2) is 0 Å². The van der Waals surface area contributed by atoms with Crippen LogP contribution in [0.2, 0.25) is 0 Å². The maximum absolute atomic E-state index is 9.32. The molecule has 5 heteroatoms. The first-order chi connectivity index (χ1) is 5.57. The number of hydrogen-bond acceptors (Lipinski definition) is 5. The maximum atomic E-state index is 9.32. The van der Waals surface area contributed by atoms with E-state index in [0.717, 1.165) is 0 Å². The zero-order valence-corrected chi connectivity index (χ0v) is 6.79. The topological polar surface area (TPSA) is 90.2 Å². The fourth-order valence-electron chi connectivity index (χ4n) is 1.23. The Labute approximate surface area is 70.2 Å². The summed E-state index contributed by atoms with van der Waals surface area (Å²) in [4.78, 5) is 0. The molecule has 0 amide bonds. The summed E-state index contributed by atoms with van der Waals surface area (Å²) in [5.41, 5.74) is 0. The normalized spacial score (nSPS) is 49.2. The Hall–Kier alpha value is -0.200. The van der Waals surface area contributed by atoms with Crippen LogP contribution in [0.4, 0.5) is 0 Å². The second kappa shape index (κ2) is 3.68. The summed E-state index contributed by atoms with van der Waals surface area (Å²) in [7, 11) is 0. The molecule has 0 bridgehead atoms. The van der Waals surface area contributed by atoms with E-state index in [-0.39, 0.29) is 0 Å². The number of hydrogen-bond donors (Lipinski definition) is 4. The average molecular weight is 178 g/mol. The lowest BCUT2D eigenvalue weighted by molar-refractivity contribution is -0.266. The molecule has 72 valence electrons. The molecule has 0 aromatic rings. The third-order valence-electron chi connectivity index (χ3n) is 2.21. The molecule has 0 aromatic carbocycles. The van der Waals surface area contributed by atoms with E-state index in [1.54, 1.807) is 6.92 Å². The molecule has 0 radical (unpaired) electrons. The van der Waals surface area contributed by atoms with Gasteiger partial charge in [-0.1, -0.05) is 6.92 Å². The van der Waals surface area contributed by atoms with E-state index in [1.807, 2.05) is 0 Å². The molecule has 0 aromatic heterocycles. The quantitative estimate of drug-likeness (QED) is 0.375. The highest BCUT2D eigenvalue weighted by molar-refractivity contribution is 4.86. The van der Waals surface area contributed by atoms with Crippen molar-refractivity contribution in [3.05, 3.63) is 0 Å². The number of aliphatic hydroxyl groups is 4. The van der Waals surface area contributed by atoms with Crippen LogP contribution < -0.4 is 0 Å². The summed E-state index contributed by atoms with van der Waals surface area (Å²) < 4.78 is 4.83. The van der Waals surface area contributed by atoms with Gasteiger partial charge in [0.1, 0.15) is 12.2 Å². The van der Waals surface area contributed by atoms with Crippen LogP contribution in [0.3, 0.4) is 0 Å². The molecule has 0 spiro atoms. The van der Waals surface area contributed by atoms with Gasteiger partial charge < -0.3 is 25.2 Å². The summed E-state index contributed by atoms with van der Waals surface area (Å²) in [5.74, 6) is -0.539. The highest BCUT2D eigenvalue weighted by Crippen LogP contribution is 2.23. The standard InChI is InChI=1S/C7H14O5/c1-3-5(9)6(10)4(2-8)12-7(3)11/h3-11H,2H2,1H3/t3-,4-,5-,6-,7+/m0/s1. The van der Waals surface area contributed by atoms with Crippen molar-refractivity contribution >= 4 is 0 Å². The van der Waals surface area contributed by atoms with E-state index in [9.17, 15) is 10.2 Å². The Bertz CT molecular complexity index is 146. The van der Waals surface area contributed by atoms with Crippen molar-refractivity contribution < 1.29 is 25.2 Å². The van der Waals surface area contributed by atoms with Crippen molar-refractivity contribution in [3.63, 3.8) is 0 Å². The molecule has 5 nitrogen and oxygen atoms in total. The van der Waals surface area contributed by atoms with Crippen molar-refractivity contribution in [1.29, 1.82) is 0 Å². The molecule has 1 fully saturated rings. The summed E-state index contributed by atoms with van der Waals surface area (Å²) >= 11 is 0. The molecule has 1 saturated heterocycles. The minimum Gasteiger partial charge on any atom is -0.394 e. The molecule has 1 rings (SSSR count).